The molecule has 2 rings (SSSR count). The summed E-state index contributed by atoms with van der Waals surface area (Å²) in [6.07, 6.45) is 1.20. The van der Waals surface area contributed by atoms with Crippen LogP contribution >= 0.6 is 0 Å². The number of aliphatic hydroxyl groups excluding tert-OH is 1. The van der Waals surface area contributed by atoms with Crippen LogP contribution < -0.4 is 0 Å². The molecular formula is C16H18O3S. The van der Waals surface area contributed by atoms with Gasteiger partial charge in [0.25, 0.3) is 0 Å². The fraction of sp³-hybridized carbons (Fsp3) is 0.250. The van der Waals surface area contributed by atoms with Crippen LogP contribution in [0.5, 0.6) is 0 Å². The molecule has 0 bridgehead atoms. The SMILES string of the molecule is Cc1cc(-c2ccc(S(C)(=O)=O)cc2)cc(C)c1CO. The third kappa shape index (κ3) is 2.92. The van der Waals surface area contributed by atoms with Crippen LogP contribution in [0.1, 0.15) is 16.7 Å². The molecule has 0 amide bonds. The molecule has 0 aromatic heterocycles. The summed E-state index contributed by atoms with van der Waals surface area (Å²) < 4.78 is 22.9. The first-order valence-electron chi connectivity index (χ1n) is 6.34. The van der Waals surface area contributed by atoms with Gasteiger partial charge in [-0.1, -0.05) is 24.3 Å². The first-order chi connectivity index (χ1) is 9.32. The summed E-state index contributed by atoms with van der Waals surface area (Å²) >= 11 is 0. The van der Waals surface area contributed by atoms with E-state index in [-0.39, 0.29) is 6.61 Å². The summed E-state index contributed by atoms with van der Waals surface area (Å²) in [5.74, 6) is 0. The molecule has 0 aliphatic rings. The number of hydrogen-bond donors (Lipinski definition) is 1. The van der Waals surface area contributed by atoms with E-state index in [1.807, 2.05) is 38.1 Å². The lowest BCUT2D eigenvalue weighted by molar-refractivity contribution is 0.280. The van der Waals surface area contributed by atoms with Crippen LogP contribution in [0, 0.1) is 13.8 Å². The van der Waals surface area contributed by atoms with Crippen molar-refractivity contribution in [3.63, 3.8) is 0 Å². The van der Waals surface area contributed by atoms with Gasteiger partial charge in [0.15, 0.2) is 9.84 Å². The highest BCUT2D eigenvalue weighted by molar-refractivity contribution is 7.90. The van der Waals surface area contributed by atoms with E-state index in [1.54, 1.807) is 12.1 Å². The first kappa shape index (κ1) is 14.8. The van der Waals surface area contributed by atoms with Crippen LogP contribution in [0.25, 0.3) is 11.1 Å². The molecule has 2 aromatic rings. The van der Waals surface area contributed by atoms with Crippen molar-refractivity contribution in [3.05, 3.63) is 53.1 Å². The molecule has 0 atom stereocenters. The van der Waals surface area contributed by atoms with Gasteiger partial charge in [0.05, 0.1) is 11.5 Å². The molecule has 2 aromatic carbocycles. The average Bonchev–Trinajstić information content (AvgIpc) is 2.37. The minimum absolute atomic E-state index is 0.0327. The second kappa shape index (κ2) is 5.38. The third-order valence-corrected chi connectivity index (χ3v) is 4.60. The Morgan fingerprint density at radius 1 is 0.950 bits per heavy atom. The van der Waals surface area contributed by atoms with Crippen LogP contribution in [0.3, 0.4) is 0 Å². The number of aryl methyl sites for hydroxylation is 2. The Morgan fingerprint density at radius 2 is 1.45 bits per heavy atom. The Kier molecular flexibility index (Phi) is 3.97. The summed E-state index contributed by atoms with van der Waals surface area (Å²) in [6.45, 7) is 3.96. The van der Waals surface area contributed by atoms with E-state index in [1.165, 1.54) is 6.26 Å². The van der Waals surface area contributed by atoms with E-state index in [0.717, 1.165) is 27.8 Å². The van der Waals surface area contributed by atoms with Crippen molar-refractivity contribution in [3.8, 4) is 11.1 Å². The zero-order chi connectivity index (χ0) is 14.9. The highest BCUT2D eigenvalue weighted by Crippen LogP contribution is 2.26. The van der Waals surface area contributed by atoms with Crippen LogP contribution in [-0.4, -0.2) is 19.8 Å². The number of sulfone groups is 1. The minimum atomic E-state index is -3.16. The van der Waals surface area contributed by atoms with E-state index in [0.29, 0.717) is 4.90 Å². The van der Waals surface area contributed by atoms with E-state index in [9.17, 15) is 13.5 Å². The van der Waals surface area contributed by atoms with Gasteiger partial charge in [-0.15, -0.1) is 0 Å². The fourth-order valence-corrected chi connectivity index (χ4v) is 2.93. The molecule has 4 heteroatoms. The standard InChI is InChI=1S/C16H18O3S/c1-11-8-14(9-12(2)16(11)10-17)13-4-6-15(7-5-13)20(3,18)19/h4-9,17H,10H2,1-3H3. The van der Waals surface area contributed by atoms with Crippen LogP contribution in [0.4, 0.5) is 0 Å². The maximum absolute atomic E-state index is 11.4. The lowest BCUT2D eigenvalue weighted by Gasteiger charge is -2.11. The normalized spacial score (nSPS) is 11.6. The Bertz CT molecular complexity index is 706. The zero-order valence-electron chi connectivity index (χ0n) is 11.8. The molecule has 20 heavy (non-hydrogen) atoms. The average molecular weight is 290 g/mol. The molecule has 1 N–H and O–H groups in total. The van der Waals surface area contributed by atoms with Gasteiger partial charge in [0.2, 0.25) is 0 Å². The van der Waals surface area contributed by atoms with E-state index in [2.05, 4.69) is 0 Å². The van der Waals surface area contributed by atoms with Crippen LogP contribution in [0.15, 0.2) is 41.3 Å². The Hall–Kier alpha value is -1.65. The summed E-state index contributed by atoms with van der Waals surface area (Å²) in [5.41, 5.74) is 5.01. The lowest BCUT2D eigenvalue weighted by Crippen LogP contribution is -1.97. The largest absolute Gasteiger partial charge is 0.392 e. The van der Waals surface area contributed by atoms with Gasteiger partial charge < -0.3 is 5.11 Å². The zero-order valence-corrected chi connectivity index (χ0v) is 12.7. The summed E-state index contributed by atoms with van der Waals surface area (Å²) in [5, 5.41) is 9.32. The molecule has 0 saturated carbocycles. The van der Waals surface area contributed by atoms with Crippen molar-refractivity contribution in [1.29, 1.82) is 0 Å². The van der Waals surface area contributed by atoms with E-state index < -0.39 is 9.84 Å². The number of hydrogen-bond acceptors (Lipinski definition) is 3. The van der Waals surface area contributed by atoms with Crippen molar-refractivity contribution in [1.82, 2.24) is 0 Å². The maximum atomic E-state index is 11.4. The van der Waals surface area contributed by atoms with Crippen LogP contribution in [-0.2, 0) is 16.4 Å². The molecule has 0 spiro atoms. The predicted octanol–water partition coefficient (Wildman–Crippen LogP) is 2.87. The molecule has 3 nitrogen and oxygen atoms in total. The second-order valence-electron chi connectivity index (χ2n) is 5.04. The first-order valence-corrected chi connectivity index (χ1v) is 8.23. The summed E-state index contributed by atoms with van der Waals surface area (Å²) in [6, 6.07) is 10.9. The molecular weight excluding hydrogens is 272 g/mol. The van der Waals surface area contributed by atoms with E-state index >= 15 is 0 Å². The molecule has 0 aliphatic heterocycles. The topological polar surface area (TPSA) is 54.4 Å². The van der Waals surface area contributed by atoms with Gasteiger partial charge in [-0.05, 0) is 53.8 Å². The van der Waals surface area contributed by atoms with Gasteiger partial charge in [-0.3, -0.25) is 0 Å². The van der Waals surface area contributed by atoms with Gasteiger partial charge in [-0.2, -0.15) is 0 Å². The quantitative estimate of drug-likeness (QED) is 0.945. The van der Waals surface area contributed by atoms with Crippen molar-refractivity contribution >= 4 is 9.84 Å². The molecule has 0 radical (unpaired) electrons. The van der Waals surface area contributed by atoms with Gasteiger partial charge in [0, 0.05) is 6.26 Å². The Labute approximate surface area is 119 Å². The highest BCUT2D eigenvalue weighted by atomic mass is 32.2. The smallest absolute Gasteiger partial charge is 0.175 e. The molecule has 0 fully saturated rings. The number of benzene rings is 2. The molecule has 0 saturated heterocycles. The van der Waals surface area contributed by atoms with Gasteiger partial charge in [-0.25, -0.2) is 8.42 Å². The van der Waals surface area contributed by atoms with Crippen molar-refractivity contribution in [2.75, 3.05) is 6.26 Å². The third-order valence-electron chi connectivity index (χ3n) is 3.47. The Balaban J connectivity index is 2.47. The summed E-state index contributed by atoms with van der Waals surface area (Å²) in [4.78, 5) is 0.321. The van der Waals surface area contributed by atoms with Gasteiger partial charge >= 0.3 is 0 Å². The van der Waals surface area contributed by atoms with E-state index in [4.69, 9.17) is 0 Å². The number of aliphatic hydroxyl groups is 1. The molecule has 106 valence electrons. The van der Waals surface area contributed by atoms with Crippen LogP contribution in [0.2, 0.25) is 0 Å². The molecule has 0 aliphatic carbocycles. The second-order valence-corrected chi connectivity index (χ2v) is 7.06. The monoisotopic (exact) mass is 290 g/mol. The Morgan fingerprint density at radius 3 is 1.85 bits per heavy atom. The summed E-state index contributed by atoms with van der Waals surface area (Å²) in [7, 11) is -3.16. The number of rotatable bonds is 3. The fourth-order valence-electron chi connectivity index (χ4n) is 2.30. The maximum Gasteiger partial charge on any atom is 0.175 e. The van der Waals surface area contributed by atoms with Crippen molar-refractivity contribution < 1.29 is 13.5 Å². The highest BCUT2D eigenvalue weighted by Gasteiger charge is 2.09. The molecule has 0 unspecified atom stereocenters. The predicted molar refractivity (Wildman–Crippen MR) is 80.4 cm³/mol. The van der Waals surface area contributed by atoms with Crippen molar-refractivity contribution in [2.45, 2.75) is 25.3 Å². The lowest BCUT2D eigenvalue weighted by atomic mass is 9.96. The minimum Gasteiger partial charge on any atom is -0.392 e. The molecule has 0 heterocycles. The van der Waals surface area contributed by atoms with Crippen molar-refractivity contribution in [2.24, 2.45) is 0 Å². The van der Waals surface area contributed by atoms with Gasteiger partial charge in [0.1, 0.15) is 0 Å².